The van der Waals surface area contributed by atoms with Gasteiger partial charge in [0, 0.05) is 56.9 Å². The largest absolute Gasteiger partial charge is 2.00 e. The summed E-state index contributed by atoms with van der Waals surface area (Å²) in [4.78, 5) is 28.6. The van der Waals surface area contributed by atoms with Crippen molar-refractivity contribution in [1.29, 1.82) is 0 Å². The van der Waals surface area contributed by atoms with Crippen LogP contribution in [0, 0.1) is 20.5 Å². The van der Waals surface area contributed by atoms with Crippen LogP contribution in [0.2, 0.25) is 0 Å². The molecule has 0 aliphatic rings. The summed E-state index contributed by atoms with van der Waals surface area (Å²) in [5.74, 6) is 0. The van der Waals surface area contributed by atoms with Crippen LogP contribution in [0.3, 0.4) is 0 Å². The number of aliphatic imine (C=N–C) groups is 3. The monoisotopic (exact) mass is 670 g/mol. The number of nitrogens with zero attached hydrogens (tertiary/aromatic N) is 7. The maximum absolute atomic E-state index is 8.49. The van der Waals surface area contributed by atoms with E-state index in [-0.39, 0.29) is 16.8 Å². The molecule has 42 heavy (non-hydrogen) atoms. The molecule has 0 aromatic carbocycles. The summed E-state index contributed by atoms with van der Waals surface area (Å²) in [6.07, 6.45) is 10.8. The van der Waals surface area contributed by atoms with E-state index < -0.39 is 20.5 Å². The Morgan fingerprint density at radius 3 is 1.00 bits per heavy atom. The summed E-state index contributed by atoms with van der Waals surface area (Å²) < 4.78 is 67.9. The molecule has 229 valence electrons. The van der Waals surface area contributed by atoms with E-state index in [9.17, 15) is 0 Å². The van der Waals surface area contributed by atoms with Crippen molar-refractivity contribution in [1.82, 2.24) is 19.9 Å². The van der Waals surface area contributed by atoms with Gasteiger partial charge in [0.15, 0.2) is 0 Å². The van der Waals surface area contributed by atoms with E-state index in [1.807, 2.05) is 73.2 Å². The maximum Gasteiger partial charge on any atom is 2.00 e. The summed E-state index contributed by atoms with van der Waals surface area (Å²) in [5, 5.41) is 0. The smallest absolute Gasteiger partial charge is 0.298 e. The Morgan fingerprint density at radius 2 is 0.786 bits per heavy atom. The van der Waals surface area contributed by atoms with E-state index in [1.165, 1.54) is 0 Å². The van der Waals surface area contributed by atoms with Crippen molar-refractivity contribution in [2.75, 3.05) is 39.3 Å². The third-order valence-electron chi connectivity index (χ3n) is 4.37. The molecule has 0 unspecified atom stereocenters. The van der Waals surface area contributed by atoms with Crippen LogP contribution < -0.4 is 37.3 Å². The van der Waals surface area contributed by atoms with Crippen LogP contribution in [-0.4, -0.2) is 77.8 Å². The Bertz CT molecular complexity index is 1010. The quantitative estimate of drug-likeness (QED) is 0.163. The first-order valence-electron chi connectivity index (χ1n) is 11.6. The summed E-state index contributed by atoms with van der Waals surface area (Å²) in [5.41, 5.74) is 2.61. The molecular weight excluding hydrogens is 644 g/mol. The minimum atomic E-state index is -4.94. The Morgan fingerprint density at radius 1 is 0.524 bits per heavy atom. The molecule has 0 saturated heterocycles. The van der Waals surface area contributed by atoms with E-state index in [2.05, 4.69) is 34.8 Å². The third-order valence-corrected chi connectivity index (χ3v) is 4.37. The summed E-state index contributed by atoms with van der Waals surface area (Å²) in [7, 11) is -9.89. The molecule has 0 N–H and O–H groups in total. The number of hydrogen-bond acceptors (Lipinski definition) is 15. The average molecular weight is 671 g/mol. The van der Waals surface area contributed by atoms with Gasteiger partial charge in [-0.05, 0) is 36.4 Å². The Kier molecular flexibility index (Phi) is 21.2. The summed E-state index contributed by atoms with van der Waals surface area (Å²) in [6, 6.07) is 17.4. The zero-order chi connectivity index (χ0) is 30.4. The SMILES string of the molecule is C(=NCCN(CCN=Cc1ccccn1)CCN=Cc1ccccn1)c1ccccn1.[Co+2].[O-][Cl+3]([O-])([O-])[O-].[O-][Cl+3]([O-])([O-])[O-]. The van der Waals surface area contributed by atoms with Gasteiger partial charge in [0.1, 0.15) is 0 Å². The van der Waals surface area contributed by atoms with Gasteiger partial charge in [-0.3, -0.25) is 34.8 Å². The number of rotatable bonds is 12. The Balaban J connectivity index is 0.00000132. The molecule has 18 heteroatoms. The topological polar surface area (TPSA) is 263 Å². The van der Waals surface area contributed by atoms with Crippen molar-refractivity contribution in [3.8, 4) is 0 Å². The zero-order valence-electron chi connectivity index (χ0n) is 21.9. The van der Waals surface area contributed by atoms with Crippen molar-refractivity contribution in [3.05, 3.63) is 90.3 Å². The van der Waals surface area contributed by atoms with Gasteiger partial charge in [-0.1, -0.05) is 18.2 Å². The van der Waals surface area contributed by atoms with E-state index in [4.69, 9.17) is 37.3 Å². The second-order valence-electron chi connectivity index (χ2n) is 7.47. The minimum Gasteiger partial charge on any atom is -0.298 e. The van der Waals surface area contributed by atoms with Gasteiger partial charge in [0.25, 0.3) is 0 Å². The number of pyridine rings is 3. The molecule has 0 atom stereocenters. The number of halogens is 2. The van der Waals surface area contributed by atoms with Crippen LogP contribution in [0.1, 0.15) is 17.1 Å². The fourth-order valence-electron chi connectivity index (χ4n) is 2.76. The second kappa shape index (κ2) is 22.7. The summed E-state index contributed by atoms with van der Waals surface area (Å²) in [6.45, 7) is 4.60. The van der Waals surface area contributed by atoms with Crippen LogP contribution in [0.4, 0.5) is 0 Å². The molecule has 0 bridgehead atoms. The van der Waals surface area contributed by atoms with Gasteiger partial charge < -0.3 is 0 Å². The molecule has 15 nitrogen and oxygen atoms in total. The van der Waals surface area contributed by atoms with E-state index in [0.717, 1.165) is 36.7 Å². The fraction of sp³-hybridized carbons (Fsp3) is 0.250. The van der Waals surface area contributed by atoms with Crippen LogP contribution in [0.15, 0.2) is 88.2 Å². The first kappa shape index (κ1) is 39.2. The van der Waals surface area contributed by atoms with Crippen molar-refractivity contribution in [3.63, 3.8) is 0 Å². The van der Waals surface area contributed by atoms with E-state index in [1.54, 1.807) is 18.6 Å². The molecule has 3 aromatic rings. The van der Waals surface area contributed by atoms with E-state index in [0.29, 0.717) is 19.6 Å². The van der Waals surface area contributed by atoms with Gasteiger partial charge >= 0.3 is 16.8 Å². The van der Waals surface area contributed by atoms with Crippen LogP contribution in [0.25, 0.3) is 0 Å². The van der Waals surface area contributed by atoms with E-state index >= 15 is 0 Å². The Hall–Kier alpha value is -2.81. The molecule has 1 radical (unpaired) electrons. The standard InChI is InChI=1S/C24H27N7.2ClHO4.Co/c1-4-10-28-22(7-1)19-25-13-16-31(17-14-26-20-23-8-2-5-11-29-23)18-15-27-21-24-9-3-6-12-30-24;2*2-1(3,4)5;/h1-12,19-21H,13-18H2;2*(H,2,3,4,5);/q;;;+2/p-2. The van der Waals surface area contributed by atoms with Crippen LogP contribution in [0.5, 0.6) is 0 Å². The van der Waals surface area contributed by atoms with Crippen molar-refractivity contribution < 1.29 is 74.5 Å². The molecule has 3 rings (SSSR count). The number of aromatic nitrogens is 3. The second-order valence-corrected chi connectivity index (χ2v) is 8.98. The molecule has 3 heterocycles. The fourth-order valence-corrected chi connectivity index (χ4v) is 2.76. The molecular formula is C24H27Cl2CoN7O8. The molecule has 0 aliphatic carbocycles. The molecule has 0 saturated carbocycles. The van der Waals surface area contributed by atoms with Crippen molar-refractivity contribution in [2.45, 2.75) is 0 Å². The summed E-state index contributed by atoms with van der Waals surface area (Å²) >= 11 is 0. The van der Waals surface area contributed by atoms with Gasteiger partial charge in [-0.2, -0.15) is 0 Å². The van der Waals surface area contributed by atoms with Gasteiger partial charge in [0.05, 0.1) is 36.7 Å². The first-order valence-corrected chi connectivity index (χ1v) is 14.1. The predicted octanol–water partition coefficient (Wildman–Crippen LogP) is -6.68. The maximum atomic E-state index is 8.49. The molecule has 0 amide bonds. The Labute approximate surface area is 257 Å². The molecule has 3 aromatic heterocycles. The molecule has 0 spiro atoms. The molecule has 0 fully saturated rings. The van der Waals surface area contributed by atoms with Gasteiger partial charge in [0.2, 0.25) is 0 Å². The van der Waals surface area contributed by atoms with Crippen LogP contribution >= 0.6 is 0 Å². The van der Waals surface area contributed by atoms with Gasteiger partial charge in [-0.15, -0.1) is 20.5 Å². The number of hydrogen-bond donors (Lipinski definition) is 0. The van der Waals surface area contributed by atoms with Gasteiger partial charge in [-0.25, -0.2) is 37.3 Å². The molecule has 0 aliphatic heterocycles. The minimum absolute atomic E-state index is 0. The van der Waals surface area contributed by atoms with Crippen molar-refractivity contribution in [2.24, 2.45) is 15.0 Å². The average Bonchev–Trinajstić information content (AvgIpc) is 2.91. The zero-order valence-corrected chi connectivity index (χ0v) is 24.4. The predicted molar refractivity (Wildman–Crippen MR) is 127 cm³/mol. The normalized spacial score (nSPS) is 11.6. The third kappa shape index (κ3) is 27.4. The first-order chi connectivity index (χ1) is 19.4. The van der Waals surface area contributed by atoms with Crippen LogP contribution in [-0.2, 0) is 16.8 Å². The van der Waals surface area contributed by atoms with Crippen molar-refractivity contribution >= 4 is 18.6 Å².